The Labute approximate surface area is 183 Å². The molecule has 1 fully saturated rings. The van der Waals surface area contributed by atoms with Crippen molar-refractivity contribution in [3.8, 4) is 11.5 Å². The van der Waals surface area contributed by atoms with Gasteiger partial charge in [0.1, 0.15) is 17.8 Å². The molecule has 1 amide bonds. The third-order valence-electron chi connectivity index (χ3n) is 5.71. The van der Waals surface area contributed by atoms with E-state index >= 15 is 0 Å². The number of nitrogens with zero attached hydrogens (tertiary/aromatic N) is 2. The van der Waals surface area contributed by atoms with Gasteiger partial charge in [-0.1, -0.05) is 6.92 Å². The van der Waals surface area contributed by atoms with E-state index in [0.717, 1.165) is 42.9 Å². The lowest BCUT2D eigenvalue weighted by atomic mass is 10.1. The summed E-state index contributed by atoms with van der Waals surface area (Å²) >= 11 is 0. The molecule has 1 N–H and O–H groups in total. The van der Waals surface area contributed by atoms with Gasteiger partial charge < -0.3 is 23.9 Å². The molecule has 0 aliphatic carbocycles. The van der Waals surface area contributed by atoms with E-state index in [1.54, 1.807) is 14.2 Å². The summed E-state index contributed by atoms with van der Waals surface area (Å²) in [6.07, 6.45) is 4.48. The molecule has 0 unspecified atom stereocenters. The molecule has 31 heavy (non-hydrogen) atoms. The number of amides is 1. The summed E-state index contributed by atoms with van der Waals surface area (Å²) in [7, 11) is 3.31. The van der Waals surface area contributed by atoms with Crippen LogP contribution in [0.1, 0.15) is 55.1 Å². The largest absolute Gasteiger partial charge is 0.497 e. The molecule has 0 saturated carbocycles. The molecule has 8 heteroatoms. The first-order valence-corrected chi connectivity index (χ1v) is 10.8. The number of aromatic nitrogens is 1. The Balaban J connectivity index is 1.67. The third-order valence-corrected chi connectivity index (χ3v) is 5.71. The second-order valence-corrected chi connectivity index (χ2v) is 7.81. The van der Waals surface area contributed by atoms with Crippen LogP contribution in [0.2, 0.25) is 0 Å². The van der Waals surface area contributed by atoms with Gasteiger partial charge in [0.15, 0.2) is 5.69 Å². The van der Waals surface area contributed by atoms with Crippen LogP contribution in [0.5, 0.6) is 11.5 Å². The van der Waals surface area contributed by atoms with Gasteiger partial charge in [0.25, 0.3) is 5.91 Å². The van der Waals surface area contributed by atoms with E-state index in [1.807, 2.05) is 18.2 Å². The van der Waals surface area contributed by atoms with Gasteiger partial charge >= 0.3 is 0 Å². The maximum atomic E-state index is 12.4. The van der Waals surface area contributed by atoms with Crippen molar-refractivity contribution in [1.29, 1.82) is 0 Å². The Morgan fingerprint density at radius 1 is 1.32 bits per heavy atom. The average molecular weight is 432 g/mol. The Kier molecular flexibility index (Phi) is 8.31. The van der Waals surface area contributed by atoms with E-state index in [-0.39, 0.29) is 23.7 Å². The first kappa shape index (κ1) is 23.1. The first-order chi connectivity index (χ1) is 15.0. The van der Waals surface area contributed by atoms with Crippen molar-refractivity contribution >= 4 is 5.91 Å². The summed E-state index contributed by atoms with van der Waals surface area (Å²) in [6.45, 7) is 6.67. The van der Waals surface area contributed by atoms with Gasteiger partial charge in [-0.3, -0.25) is 9.69 Å². The number of benzene rings is 1. The molecule has 1 saturated heterocycles. The van der Waals surface area contributed by atoms with Crippen LogP contribution in [0, 0.1) is 0 Å². The summed E-state index contributed by atoms with van der Waals surface area (Å²) < 4.78 is 22.1. The standard InChI is InChI=1S/C23H33N3O5/c1-5-16(2)26(13-17-11-18(28-3)8-9-21(17)29-4)14-22-25-20(15-31-22)23(27)24-12-19-7-6-10-30-19/h8-9,11,15-16,19H,5-7,10,12-14H2,1-4H3,(H,24,27)/t16-,19-/m0/s1. The molecule has 3 rings (SSSR count). The highest BCUT2D eigenvalue weighted by atomic mass is 16.5. The molecule has 2 aromatic rings. The number of ether oxygens (including phenoxy) is 3. The highest BCUT2D eigenvalue weighted by Gasteiger charge is 2.21. The smallest absolute Gasteiger partial charge is 0.273 e. The molecule has 0 bridgehead atoms. The lowest BCUT2D eigenvalue weighted by molar-refractivity contribution is 0.0853. The molecular weight excluding hydrogens is 398 g/mol. The van der Waals surface area contributed by atoms with Gasteiger partial charge in [-0.15, -0.1) is 0 Å². The van der Waals surface area contributed by atoms with Crippen LogP contribution in [-0.2, 0) is 17.8 Å². The number of carbonyl (C=O) groups excluding carboxylic acids is 1. The van der Waals surface area contributed by atoms with Gasteiger partial charge in [-0.2, -0.15) is 0 Å². The highest BCUT2D eigenvalue weighted by Crippen LogP contribution is 2.27. The second kappa shape index (κ2) is 11.2. The van der Waals surface area contributed by atoms with E-state index in [2.05, 4.69) is 29.0 Å². The normalized spacial score (nSPS) is 17.0. The summed E-state index contributed by atoms with van der Waals surface area (Å²) in [6, 6.07) is 6.05. The van der Waals surface area contributed by atoms with Crippen molar-refractivity contribution in [3.05, 3.63) is 41.6 Å². The van der Waals surface area contributed by atoms with Gasteiger partial charge in [-0.25, -0.2) is 4.98 Å². The van der Waals surface area contributed by atoms with Crippen LogP contribution in [-0.4, -0.2) is 55.3 Å². The molecule has 8 nitrogen and oxygen atoms in total. The number of hydrogen-bond donors (Lipinski definition) is 1. The predicted octanol–water partition coefficient (Wildman–Crippen LogP) is 3.40. The summed E-state index contributed by atoms with van der Waals surface area (Å²) in [4.78, 5) is 19.1. The van der Waals surface area contributed by atoms with Gasteiger partial charge in [0, 0.05) is 31.3 Å². The van der Waals surface area contributed by atoms with Crippen LogP contribution < -0.4 is 14.8 Å². The molecular formula is C23H33N3O5. The van der Waals surface area contributed by atoms with Crippen molar-refractivity contribution < 1.29 is 23.4 Å². The molecule has 2 heterocycles. The van der Waals surface area contributed by atoms with Gasteiger partial charge in [0.05, 0.1) is 26.9 Å². The monoisotopic (exact) mass is 431 g/mol. The fourth-order valence-electron chi connectivity index (χ4n) is 3.61. The maximum absolute atomic E-state index is 12.4. The minimum Gasteiger partial charge on any atom is -0.497 e. The number of carbonyl (C=O) groups is 1. The lowest BCUT2D eigenvalue weighted by Crippen LogP contribution is -2.33. The van der Waals surface area contributed by atoms with E-state index in [9.17, 15) is 4.79 Å². The summed E-state index contributed by atoms with van der Waals surface area (Å²) in [5.41, 5.74) is 1.30. The molecule has 1 aliphatic rings. The van der Waals surface area contributed by atoms with Crippen LogP contribution in [0.4, 0.5) is 0 Å². The molecule has 0 spiro atoms. The van der Waals surface area contributed by atoms with Crippen LogP contribution >= 0.6 is 0 Å². The Bertz CT molecular complexity index is 847. The summed E-state index contributed by atoms with van der Waals surface area (Å²) in [5, 5.41) is 2.88. The number of rotatable bonds is 11. The first-order valence-electron chi connectivity index (χ1n) is 10.8. The fraction of sp³-hybridized carbons (Fsp3) is 0.565. The lowest BCUT2D eigenvalue weighted by Gasteiger charge is -2.28. The Morgan fingerprint density at radius 3 is 2.84 bits per heavy atom. The van der Waals surface area contributed by atoms with Crippen LogP contribution in [0.3, 0.4) is 0 Å². The summed E-state index contributed by atoms with van der Waals surface area (Å²) in [5.74, 6) is 1.84. The minimum absolute atomic E-state index is 0.0917. The third kappa shape index (κ3) is 6.21. The maximum Gasteiger partial charge on any atom is 0.273 e. The molecule has 1 aromatic heterocycles. The predicted molar refractivity (Wildman–Crippen MR) is 116 cm³/mol. The zero-order chi connectivity index (χ0) is 22.2. The minimum atomic E-state index is -0.241. The van der Waals surface area contributed by atoms with Crippen molar-refractivity contribution in [2.75, 3.05) is 27.4 Å². The zero-order valence-electron chi connectivity index (χ0n) is 18.8. The van der Waals surface area contributed by atoms with E-state index in [1.165, 1.54) is 6.26 Å². The topological polar surface area (TPSA) is 86.1 Å². The average Bonchev–Trinajstić information content (AvgIpc) is 3.48. The number of nitrogens with one attached hydrogen (secondary N) is 1. The molecule has 2 atom stereocenters. The van der Waals surface area contributed by atoms with Crippen molar-refractivity contribution in [2.45, 2.75) is 58.3 Å². The van der Waals surface area contributed by atoms with E-state index in [4.69, 9.17) is 18.6 Å². The van der Waals surface area contributed by atoms with Crippen LogP contribution in [0.15, 0.2) is 28.9 Å². The number of hydrogen-bond acceptors (Lipinski definition) is 7. The van der Waals surface area contributed by atoms with Crippen LogP contribution in [0.25, 0.3) is 0 Å². The van der Waals surface area contributed by atoms with Crippen molar-refractivity contribution in [2.24, 2.45) is 0 Å². The SMILES string of the molecule is CC[C@H](C)N(Cc1nc(C(=O)NC[C@@H]2CCCO2)co1)Cc1cc(OC)ccc1OC. The highest BCUT2D eigenvalue weighted by molar-refractivity contribution is 5.91. The van der Waals surface area contributed by atoms with Crippen molar-refractivity contribution in [3.63, 3.8) is 0 Å². The fourth-order valence-corrected chi connectivity index (χ4v) is 3.61. The number of oxazole rings is 1. The Hall–Kier alpha value is -2.58. The quantitative estimate of drug-likeness (QED) is 0.583. The molecule has 1 aliphatic heterocycles. The van der Waals surface area contributed by atoms with Gasteiger partial charge in [-0.05, 0) is 44.4 Å². The molecule has 0 radical (unpaired) electrons. The molecule has 1 aromatic carbocycles. The van der Waals surface area contributed by atoms with E-state index in [0.29, 0.717) is 25.5 Å². The van der Waals surface area contributed by atoms with Crippen molar-refractivity contribution in [1.82, 2.24) is 15.2 Å². The zero-order valence-corrected chi connectivity index (χ0v) is 18.8. The Morgan fingerprint density at radius 2 is 2.16 bits per heavy atom. The number of methoxy groups -OCH3 is 2. The second-order valence-electron chi connectivity index (χ2n) is 7.81. The van der Waals surface area contributed by atoms with E-state index < -0.39 is 0 Å². The van der Waals surface area contributed by atoms with Gasteiger partial charge in [0.2, 0.25) is 5.89 Å². The molecule has 170 valence electrons.